The Bertz CT molecular complexity index is 458. The number of carboxylic acids is 1. The maximum atomic E-state index is 11.5. The minimum atomic E-state index is -0.597. The van der Waals surface area contributed by atoms with Crippen LogP contribution in [-0.4, -0.2) is 11.1 Å². The summed E-state index contributed by atoms with van der Waals surface area (Å²) in [6.45, 7) is 6.85. The second-order valence-electron chi connectivity index (χ2n) is 7.61. The lowest BCUT2D eigenvalue weighted by molar-refractivity contribution is -0.146. The van der Waals surface area contributed by atoms with E-state index in [1.807, 2.05) is 6.07 Å². The van der Waals surface area contributed by atoms with Crippen LogP contribution in [0.3, 0.4) is 0 Å². The SMILES string of the molecule is CC(C)(C)C1CCC(C(=O)O)C(CCc2ccccc2)C1. The second-order valence-corrected chi connectivity index (χ2v) is 7.61. The maximum Gasteiger partial charge on any atom is 0.306 e. The van der Waals surface area contributed by atoms with E-state index in [1.54, 1.807) is 0 Å². The lowest BCUT2D eigenvalue weighted by atomic mass is 9.64. The smallest absolute Gasteiger partial charge is 0.306 e. The van der Waals surface area contributed by atoms with E-state index in [2.05, 4.69) is 45.0 Å². The molecule has 1 saturated carbocycles. The van der Waals surface area contributed by atoms with Crippen LogP contribution in [0.15, 0.2) is 30.3 Å². The first kappa shape index (κ1) is 16.1. The Morgan fingerprint density at radius 3 is 2.43 bits per heavy atom. The molecule has 0 heterocycles. The van der Waals surface area contributed by atoms with Crippen LogP contribution in [0.1, 0.15) is 52.0 Å². The maximum absolute atomic E-state index is 11.5. The van der Waals surface area contributed by atoms with Crippen LogP contribution in [0.4, 0.5) is 0 Å². The minimum absolute atomic E-state index is 0.146. The van der Waals surface area contributed by atoms with Crippen LogP contribution in [0, 0.1) is 23.2 Å². The number of benzene rings is 1. The summed E-state index contributed by atoms with van der Waals surface area (Å²) in [5, 5.41) is 9.49. The highest BCUT2D eigenvalue weighted by molar-refractivity contribution is 5.70. The fourth-order valence-electron chi connectivity index (χ4n) is 3.69. The van der Waals surface area contributed by atoms with Crippen molar-refractivity contribution in [2.24, 2.45) is 23.2 Å². The first-order valence-electron chi connectivity index (χ1n) is 8.14. The molecule has 2 rings (SSSR count). The molecular weight excluding hydrogens is 260 g/mol. The third kappa shape index (κ3) is 4.33. The predicted molar refractivity (Wildman–Crippen MR) is 86.2 cm³/mol. The molecule has 0 aliphatic heterocycles. The number of aryl methyl sites for hydroxylation is 1. The normalized spacial score (nSPS) is 26.5. The third-order valence-corrected chi connectivity index (χ3v) is 5.17. The topological polar surface area (TPSA) is 37.3 Å². The molecule has 0 amide bonds. The monoisotopic (exact) mass is 288 g/mol. The fraction of sp³-hybridized carbons (Fsp3) is 0.632. The van der Waals surface area contributed by atoms with E-state index in [-0.39, 0.29) is 11.3 Å². The van der Waals surface area contributed by atoms with Gasteiger partial charge in [-0.05, 0) is 54.9 Å². The Balaban J connectivity index is 2.02. The molecule has 0 spiro atoms. The Hall–Kier alpha value is -1.31. The van der Waals surface area contributed by atoms with Gasteiger partial charge in [0.1, 0.15) is 0 Å². The van der Waals surface area contributed by atoms with Gasteiger partial charge in [0.2, 0.25) is 0 Å². The zero-order valence-electron chi connectivity index (χ0n) is 13.5. The molecular formula is C19H28O2. The Kier molecular flexibility index (Phi) is 5.08. The molecule has 1 aromatic rings. The molecule has 3 atom stereocenters. The van der Waals surface area contributed by atoms with E-state index < -0.39 is 5.97 Å². The van der Waals surface area contributed by atoms with Crippen molar-refractivity contribution in [1.82, 2.24) is 0 Å². The summed E-state index contributed by atoms with van der Waals surface area (Å²) in [7, 11) is 0. The van der Waals surface area contributed by atoms with Gasteiger partial charge in [-0.25, -0.2) is 0 Å². The molecule has 2 heteroatoms. The van der Waals surface area contributed by atoms with E-state index in [9.17, 15) is 9.90 Å². The number of hydrogen-bond donors (Lipinski definition) is 1. The predicted octanol–water partition coefficient (Wildman–Crippen LogP) is 4.78. The fourth-order valence-corrected chi connectivity index (χ4v) is 3.69. The standard InChI is InChI=1S/C19H28O2/c1-19(2,3)16-11-12-17(18(20)21)15(13-16)10-9-14-7-5-4-6-8-14/h4-8,15-17H,9-13H2,1-3H3,(H,20,21). The molecule has 1 aliphatic carbocycles. The molecule has 1 N–H and O–H groups in total. The summed E-state index contributed by atoms with van der Waals surface area (Å²) in [6.07, 6.45) is 4.95. The molecule has 1 fully saturated rings. The average molecular weight is 288 g/mol. The van der Waals surface area contributed by atoms with E-state index in [1.165, 1.54) is 5.56 Å². The van der Waals surface area contributed by atoms with Gasteiger partial charge in [-0.15, -0.1) is 0 Å². The zero-order chi connectivity index (χ0) is 15.5. The number of rotatable bonds is 4. The van der Waals surface area contributed by atoms with Crippen molar-refractivity contribution < 1.29 is 9.90 Å². The van der Waals surface area contributed by atoms with Crippen molar-refractivity contribution in [3.63, 3.8) is 0 Å². The molecule has 1 aromatic carbocycles. The Morgan fingerprint density at radius 1 is 1.19 bits per heavy atom. The van der Waals surface area contributed by atoms with Crippen LogP contribution < -0.4 is 0 Å². The Labute approximate surface area is 128 Å². The van der Waals surface area contributed by atoms with Crippen LogP contribution in [-0.2, 0) is 11.2 Å². The van der Waals surface area contributed by atoms with Crippen LogP contribution >= 0.6 is 0 Å². The third-order valence-electron chi connectivity index (χ3n) is 5.17. The molecule has 1 aliphatic rings. The highest BCUT2D eigenvalue weighted by atomic mass is 16.4. The summed E-state index contributed by atoms with van der Waals surface area (Å²) >= 11 is 0. The van der Waals surface area contributed by atoms with E-state index in [4.69, 9.17) is 0 Å². The molecule has 0 saturated heterocycles. The summed E-state index contributed by atoms with van der Waals surface area (Å²) in [4.78, 5) is 11.5. The van der Waals surface area contributed by atoms with Gasteiger partial charge in [0.15, 0.2) is 0 Å². The lowest BCUT2D eigenvalue weighted by Crippen LogP contribution is -2.35. The second kappa shape index (κ2) is 6.64. The summed E-state index contributed by atoms with van der Waals surface area (Å²) in [6, 6.07) is 10.4. The molecule has 0 radical (unpaired) electrons. The van der Waals surface area contributed by atoms with Crippen molar-refractivity contribution in [2.45, 2.75) is 52.9 Å². The molecule has 116 valence electrons. The largest absolute Gasteiger partial charge is 0.481 e. The average Bonchev–Trinajstić information content (AvgIpc) is 2.45. The number of carboxylic acid groups (broad SMARTS) is 1. The van der Waals surface area contributed by atoms with Gasteiger partial charge >= 0.3 is 5.97 Å². The molecule has 21 heavy (non-hydrogen) atoms. The van der Waals surface area contributed by atoms with Gasteiger partial charge in [0.25, 0.3) is 0 Å². The minimum Gasteiger partial charge on any atom is -0.481 e. The summed E-state index contributed by atoms with van der Waals surface area (Å²) in [5.74, 6) is 0.224. The van der Waals surface area contributed by atoms with Gasteiger partial charge in [0.05, 0.1) is 5.92 Å². The zero-order valence-corrected chi connectivity index (χ0v) is 13.5. The number of carbonyl (C=O) groups is 1. The highest BCUT2D eigenvalue weighted by Gasteiger charge is 2.38. The van der Waals surface area contributed by atoms with Gasteiger partial charge < -0.3 is 5.11 Å². The van der Waals surface area contributed by atoms with Crippen molar-refractivity contribution in [1.29, 1.82) is 0 Å². The lowest BCUT2D eigenvalue weighted by Gasteiger charge is -2.40. The van der Waals surface area contributed by atoms with Crippen molar-refractivity contribution in [3.05, 3.63) is 35.9 Å². The van der Waals surface area contributed by atoms with Gasteiger partial charge in [0, 0.05) is 0 Å². The molecule has 2 nitrogen and oxygen atoms in total. The van der Waals surface area contributed by atoms with Crippen molar-refractivity contribution >= 4 is 5.97 Å². The van der Waals surface area contributed by atoms with E-state index in [0.29, 0.717) is 11.8 Å². The van der Waals surface area contributed by atoms with Crippen LogP contribution in [0.5, 0.6) is 0 Å². The number of hydrogen-bond acceptors (Lipinski definition) is 1. The van der Waals surface area contributed by atoms with E-state index in [0.717, 1.165) is 32.1 Å². The molecule has 0 aromatic heterocycles. The van der Waals surface area contributed by atoms with Crippen molar-refractivity contribution in [2.75, 3.05) is 0 Å². The first-order valence-corrected chi connectivity index (χ1v) is 8.14. The Morgan fingerprint density at radius 2 is 1.86 bits per heavy atom. The highest BCUT2D eigenvalue weighted by Crippen LogP contribution is 2.44. The van der Waals surface area contributed by atoms with E-state index >= 15 is 0 Å². The first-order chi connectivity index (χ1) is 9.88. The van der Waals surface area contributed by atoms with Crippen LogP contribution in [0.2, 0.25) is 0 Å². The van der Waals surface area contributed by atoms with Gasteiger partial charge in [-0.2, -0.15) is 0 Å². The number of aliphatic carboxylic acids is 1. The molecule has 3 unspecified atom stereocenters. The van der Waals surface area contributed by atoms with Gasteiger partial charge in [-0.3, -0.25) is 4.79 Å². The van der Waals surface area contributed by atoms with Gasteiger partial charge in [-0.1, -0.05) is 51.1 Å². The molecule has 0 bridgehead atoms. The summed E-state index contributed by atoms with van der Waals surface area (Å²) < 4.78 is 0. The van der Waals surface area contributed by atoms with Crippen molar-refractivity contribution in [3.8, 4) is 0 Å². The van der Waals surface area contributed by atoms with Crippen LogP contribution in [0.25, 0.3) is 0 Å². The quantitative estimate of drug-likeness (QED) is 0.865. The summed E-state index contributed by atoms with van der Waals surface area (Å²) in [5.41, 5.74) is 1.61.